The van der Waals surface area contributed by atoms with Crippen LogP contribution in [0.25, 0.3) is 11.6 Å². The first-order chi connectivity index (χ1) is 15.4. The number of benzene rings is 2. The first-order valence-corrected chi connectivity index (χ1v) is 11.2. The molecule has 3 rings (SSSR count). The molecule has 1 atom stereocenters. The van der Waals surface area contributed by atoms with Gasteiger partial charge in [-0.2, -0.15) is 0 Å². The Labute approximate surface area is 190 Å². The molecule has 1 aliphatic rings. The topological polar surface area (TPSA) is 96.8 Å². The lowest BCUT2D eigenvalue weighted by Gasteiger charge is -2.20. The quantitative estimate of drug-likeness (QED) is 0.431. The summed E-state index contributed by atoms with van der Waals surface area (Å²) < 4.78 is 16.7. The number of esters is 1. The summed E-state index contributed by atoms with van der Waals surface area (Å²) in [6.07, 6.45) is 6.86. The molecule has 0 saturated heterocycles. The fourth-order valence-corrected chi connectivity index (χ4v) is 3.69. The Morgan fingerprint density at radius 1 is 1.09 bits per heavy atom. The predicted molar refractivity (Wildman–Crippen MR) is 128 cm³/mol. The molecule has 0 heterocycles. The van der Waals surface area contributed by atoms with Crippen LogP contribution in [0.5, 0.6) is 11.5 Å². The number of unbranched alkanes of at least 4 members (excludes halogenated alkanes) is 1. The third kappa shape index (κ3) is 6.11. The van der Waals surface area contributed by atoms with Gasteiger partial charge in [-0.3, -0.25) is 4.79 Å². The van der Waals surface area contributed by atoms with Crippen molar-refractivity contribution in [2.75, 3.05) is 26.9 Å². The minimum absolute atomic E-state index is 0.0584. The maximum absolute atomic E-state index is 11.8. The maximum atomic E-state index is 11.8. The molecule has 2 aromatic carbocycles. The molecule has 4 N–H and O–H groups in total. The highest BCUT2D eigenvalue weighted by atomic mass is 16.5. The van der Waals surface area contributed by atoms with Crippen molar-refractivity contribution in [1.82, 2.24) is 0 Å². The third-order valence-electron chi connectivity index (χ3n) is 5.72. The molecular formula is C26H34N2O4. The van der Waals surface area contributed by atoms with Gasteiger partial charge in [0, 0.05) is 12.1 Å². The van der Waals surface area contributed by atoms with Crippen molar-refractivity contribution in [3.63, 3.8) is 0 Å². The molecule has 0 radical (unpaired) electrons. The number of methoxy groups -OCH3 is 1. The van der Waals surface area contributed by atoms with Crippen molar-refractivity contribution in [1.29, 1.82) is 0 Å². The van der Waals surface area contributed by atoms with Gasteiger partial charge >= 0.3 is 5.97 Å². The van der Waals surface area contributed by atoms with E-state index in [0.717, 1.165) is 42.7 Å². The summed E-state index contributed by atoms with van der Waals surface area (Å²) in [5.41, 5.74) is 15.1. The van der Waals surface area contributed by atoms with Gasteiger partial charge in [-0.25, -0.2) is 0 Å². The molecule has 0 aliphatic heterocycles. The lowest BCUT2D eigenvalue weighted by atomic mass is 9.99. The van der Waals surface area contributed by atoms with Crippen molar-refractivity contribution in [2.45, 2.75) is 44.6 Å². The number of carbonyl (C=O) groups is 1. The van der Waals surface area contributed by atoms with Crippen molar-refractivity contribution in [2.24, 2.45) is 11.5 Å². The molecule has 1 aliphatic carbocycles. The molecule has 6 nitrogen and oxygen atoms in total. The SMILES string of the molecule is COc1ccccc1C1=Cc2ccc(OCCCCOC(=O)C(C)(N)CN)cc2CCC1. The van der Waals surface area contributed by atoms with Crippen LogP contribution in [0, 0.1) is 0 Å². The van der Waals surface area contributed by atoms with E-state index in [-0.39, 0.29) is 6.54 Å². The standard InChI is InChI=1S/C26H34N2O4/c1-26(28,18-27)25(29)32-15-6-5-14-31-22-13-12-20-16-21(9-7-8-19(20)17-22)23-10-3-4-11-24(23)30-2/h3-4,10-13,16-17H,5-9,14-15,18,27-28H2,1-2H3. The number of allylic oxidation sites excluding steroid dienone is 1. The number of carbonyl (C=O) groups excluding carboxylic acids is 1. The summed E-state index contributed by atoms with van der Waals surface area (Å²) in [6, 6.07) is 14.5. The van der Waals surface area contributed by atoms with Crippen LogP contribution in [0.3, 0.4) is 0 Å². The molecule has 0 amide bonds. The van der Waals surface area contributed by atoms with Crippen LogP contribution in [-0.2, 0) is 16.0 Å². The van der Waals surface area contributed by atoms with Crippen LogP contribution >= 0.6 is 0 Å². The van der Waals surface area contributed by atoms with Crippen LogP contribution in [0.15, 0.2) is 42.5 Å². The second kappa shape index (κ2) is 11.2. The Kier molecular flexibility index (Phi) is 8.31. The molecule has 0 saturated carbocycles. The van der Waals surface area contributed by atoms with Gasteiger partial charge in [0.05, 0.1) is 20.3 Å². The molecule has 6 heteroatoms. The Balaban J connectivity index is 1.54. The van der Waals surface area contributed by atoms with E-state index in [1.54, 1.807) is 14.0 Å². The summed E-state index contributed by atoms with van der Waals surface area (Å²) in [5.74, 6) is 1.31. The van der Waals surface area contributed by atoms with E-state index in [1.165, 1.54) is 16.7 Å². The van der Waals surface area contributed by atoms with E-state index in [1.807, 2.05) is 18.2 Å². The average molecular weight is 439 g/mol. The van der Waals surface area contributed by atoms with Gasteiger partial charge in [-0.05, 0) is 73.9 Å². The lowest BCUT2D eigenvalue weighted by molar-refractivity contribution is -0.149. The van der Waals surface area contributed by atoms with Crippen LogP contribution in [0.4, 0.5) is 0 Å². The molecule has 32 heavy (non-hydrogen) atoms. The van der Waals surface area contributed by atoms with E-state index in [0.29, 0.717) is 19.6 Å². The third-order valence-corrected chi connectivity index (χ3v) is 5.72. The second-order valence-corrected chi connectivity index (χ2v) is 8.40. The minimum atomic E-state index is -1.13. The van der Waals surface area contributed by atoms with Crippen LogP contribution < -0.4 is 20.9 Å². The van der Waals surface area contributed by atoms with Gasteiger partial charge in [-0.15, -0.1) is 0 Å². The zero-order valence-corrected chi connectivity index (χ0v) is 19.1. The zero-order chi connectivity index (χ0) is 23.0. The predicted octanol–water partition coefficient (Wildman–Crippen LogP) is 3.95. The summed E-state index contributed by atoms with van der Waals surface area (Å²) in [7, 11) is 1.72. The van der Waals surface area contributed by atoms with Crippen LogP contribution in [-0.4, -0.2) is 38.4 Å². The Bertz CT molecular complexity index is 953. The number of nitrogens with two attached hydrogens (primary N) is 2. The fraction of sp³-hybridized carbons (Fsp3) is 0.423. The molecule has 0 aromatic heterocycles. The van der Waals surface area contributed by atoms with Gasteiger partial charge in [0.1, 0.15) is 17.0 Å². The number of ether oxygens (including phenoxy) is 3. The Hall–Kier alpha value is -2.83. The summed E-state index contributed by atoms with van der Waals surface area (Å²) in [5, 5.41) is 0. The smallest absolute Gasteiger partial charge is 0.327 e. The molecule has 0 fully saturated rings. The number of fused-ring (bicyclic) bond motifs is 1. The highest BCUT2D eigenvalue weighted by molar-refractivity contribution is 5.85. The van der Waals surface area contributed by atoms with Crippen LogP contribution in [0.2, 0.25) is 0 Å². The highest BCUT2D eigenvalue weighted by Gasteiger charge is 2.28. The summed E-state index contributed by atoms with van der Waals surface area (Å²) >= 11 is 0. The normalized spacial score (nSPS) is 15.1. The Morgan fingerprint density at radius 2 is 1.88 bits per heavy atom. The molecule has 172 valence electrons. The van der Waals surface area contributed by atoms with Gasteiger partial charge in [0.2, 0.25) is 0 Å². The minimum Gasteiger partial charge on any atom is -0.496 e. The van der Waals surface area contributed by atoms with Gasteiger partial charge in [0.15, 0.2) is 0 Å². The van der Waals surface area contributed by atoms with Crippen molar-refractivity contribution >= 4 is 17.6 Å². The van der Waals surface area contributed by atoms with Crippen molar-refractivity contribution in [3.8, 4) is 11.5 Å². The van der Waals surface area contributed by atoms with E-state index in [2.05, 4.69) is 30.3 Å². The molecule has 0 bridgehead atoms. The van der Waals surface area contributed by atoms with E-state index in [4.69, 9.17) is 25.7 Å². The number of hydrogen-bond donors (Lipinski definition) is 2. The largest absolute Gasteiger partial charge is 0.496 e. The summed E-state index contributed by atoms with van der Waals surface area (Å²) in [6.45, 7) is 2.51. The molecule has 2 aromatic rings. The number of hydrogen-bond acceptors (Lipinski definition) is 6. The number of rotatable bonds is 10. The van der Waals surface area contributed by atoms with E-state index in [9.17, 15) is 4.79 Å². The number of aryl methyl sites for hydroxylation is 1. The van der Waals surface area contributed by atoms with E-state index >= 15 is 0 Å². The van der Waals surface area contributed by atoms with Gasteiger partial charge in [0.25, 0.3) is 0 Å². The van der Waals surface area contributed by atoms with Gasteiger partial charge in [-0.1, -0.05) is 30.3 Å². The average Bonchev–Trinajstić information content (AvgIpc) is 3.03. The molecular weight excluding hydrogens is 404 g/mol. The highest BCUT2D eigenvalue weighted by Crippen LogP contribution is 2.35. The molecule has 0 spiro atoms. The first-order valence-electron chi connectivity index (χ1n) is 11.2. The Morgan fingerprint density at radius 3 is 2.66 bits per heavy atom. The van der Waals surface area contributed by atoms with Gasteiger partial charge < -0.3 is 25.7 Å². The van der Waals surface area contributed by atoms with Crippen LogP contribution in [0.1, 0.15) is 49.3 Å². The summed E-state index contributed by atoms with van der Waals surface area (Å²) in [4.78, 5) is 11.8. The monoisotopic (exact) mass is 438 g/mol. The lowest BCUT2D eigenvalue weighted by Crippen LogP contribution is -2.52. The second-order valence-electron chi connectivity index (χ2n) is 8.40. The maximum Gasteiger partial charge on any atom is 0.327 e. The van der Waals surface area contributed by atoms with Crippen molar-refractivity contribution in [3.05, 3.63) is 59.2 Å². The van der Waals surface area contributed by atoms with E-state index < -0.39 is 11.5 Å². The van der Waals surface area contributed by atoms with Crippen molar-refractivity contribution < 1.29 is 19.0 Å². The molecule has 1 unspecified atom stereocenters. The first kappa shape index (κ1) is 23.8. The zero-order valence-electron chi connectivity index (χ0n) is 19.1. The fourth-order valence-electron chi connectivity index (χ4n) is 3.69. The number of para-hydroxylation sites is 1.